The van der Waals surface area contributed by atoms with E-state index in [2.05, 4.69) is 15.0 Å². The van der Waals surface area contributed by atoms with Crippen molar-refractivity contribution in [3.63, 3.8) is 0 Å². The molecule has 0 bridgehead atoms. The van der Waals surface area contributed by atoms with Gasteiger partial charge in [0.25, 0.3) is 5.56 Å². The molecule has 0 saturated carbocycles. The Morgan fingerprint density at radius 3 is 3.10 bits per heavy atom. The van der Waals surface area contributed by atoms with Gasteiger partial charge in [-0.3, -0.25) is 4.79 Å². The summed E-state index contributed by atoms with van der Waals surface area (Å²) in [7, 11) is 1.58. The van der Waals surface area contributed by atoms with E-state index in [1.807, 2.05) is 6.07 Å². The zero-order valence-corrected chi connectivity index (χ0v) is 11.2. The molecule has 0 aromatic carbocycles. The van der Waals surface area contributed by atoms with E-state index < -0.39 is 0 Å². The van der Waals surface area contributed by atoms with E-state index in [4.69, 9.17) is 9.47 Å². The van der Waals surface area contributed by atoms with Crippen LogP contribution in [0.3, 0.4) is 0 Å². The molecule has 20 heavy (non-hydrogen) atoms. The highest BCUT2D eigenvalue weighted by Crippen LogP contribution is 2.13. The summed E-state index contributed by atoms with van der Waals surface area (Å²) in [5.74, 6) is 1.22. The fourth-order valence-electron chi connectivity index (χ4n) is 2.21. The predicted molar refractivity (Wildman–Crippen MR) is 71.8 cm³/mol. The molecule has 0 fully saturated rings. The number of ether oxygens (including phenoxy) is 2. The number of aromatic nitrogens is 3. The molecule has 1 aliphatic rings. The molecule has 2 aromatic rings. The summed E-state index contributed by atoms with van der Waals surface area (Å²) < 4.78 is 10.3. The summed E-state index contributed by atoms with van der Waals surface area (Å²) in [5.41, 5.74) is 2.36. The topological polar surface area (TPSA) is 77.1 Å². The normalized spacial score (nSPS) is 13.8. The molecule has 3 rings (SSSR count). The van der Waals surface area contributed by atoms with E-state index in [1.165, 1.54) is 0 Å². The van der Waals surface area contributed by atoms with Crippen molar-refractivity contribution >= 4 is 0 Å². The number of hydrogen-bond acceptors (Lipinski definition) is 5. The summed E-state index contributed by atoms with van der Waals surface area (Å²) in [6.07, 6.45) is 2.95. The number of pyridine rings is 1. The summed E-state index contributed by atoms with van der Waals surface area (Å²) in [6.45, 7) is 0.967. The molecular formula is C14H15N3O3. The van der Waals surface area contributed by atoms with E-state index in [9.17, 15) is 4.79 Å². The number of aromatic amines is 1. The van der Waals surface area contributed by atoms with Gasteiger partial charge in [-0.2, -0.15) is 0 Å². The lowest BCUT2D eigenvalue weighted by Crippen LogP contribution is -2.25. The highest BCUT2D eigenvalue weighted by molar-refractivity contribution is 5.23. The van der Waals surface area contributed by atoms with Gasteiger partial charge in [0, 0.05) is 25.1 Å². The monoisotopic (exact) mass is 273 g/mol. The van der Waals surface area contributed by atoms with Gasteiger partial charge in [0.05, 0.1) is 31.6 Å². The highest BCUT2D eigenvalue weighted by atomic mass is 16.5. The van der Waals surface area contributed by atoms with Crippen LogP contribution in [0.2, 0.25) is 0 Å². The summed E-state index contributed by atoms with van der Waals surface area (Å²) in [4.78, 5) is 23.4. The lowest BCUT2D eigenvalue weighted by molar-refractivity contribution is 0.108. The second-order valence-electron chi connectivity index (χ2n) is 4.63. The maximum atomic E-state index is 12.0. The number of hydrogen-bond donors (Lipinski definition) is 1. The van der Waals surface area contributed by atoms with Gasteiger partial charge in [0.2, 0.25) is 5.88 Å². The fraction of sp³-hybridized carbons (Fsp3) is 0.357. The third-order valence-corrected chi connectivity index (χ3v) is 3.26. The van der Waals surface area contributed by atoms with Crippen molar-refractivity contribution in [1.82, 2.24) is 15.0 Å². The van der Waals surface area contributed by atoms with Gasteiger partial charge in [-0.15, -0.1) is 0 Å². The maximum absolute atomic E-state index is 12.0. The molecule has 0 spiro atoms. The minimum atomic E-state index is -0.105. The molecule has 6 heteroatoms. The molecule has 1 aliphatic heterocycles. The third kappa shape index (κ3) is 2.55. The maximum Gasteiger partial charge on any atom is 0.256 e. The second kappa shape index (κ2) is 5.42. The van der Waals surface area contributed by atoms with Crippen molar-refractivity contribution in [2.75, 3.05) is 13.7 Å². The van der Waals surface area contributed by atoms with Crippen molar-refractivity contribution < 1.29 is 9.47 Å². The number of nitrogens with zero attached hydrogens (tertiary/aromatic N) is 2. The Balaban J connectivity index is 1.87. The average molecular weight is 273 g/mol. The Morgan fingerprint density at radius 2 is 2.35 bits per heavy atom. The van der Waals surface area contributed by atoms with Crippen molar-refractivity contribution in [1.29, 1.82) is 0 Å². The highest BCUT2D eigenvalue weighted by Gasteiger charge is 2.16. The van der Waals surface area contributed by atoms with Gasteiger partial charge in [-0.1, -0.05) is 6.07 Å². The van der Waals surface area contributed by atoms with Gasteiger partial charge >= 0.3 is 0 Å². The van der Waals surface area contributed by atoms with Gasteiger partial charge in [-0.05, 0) is 5.56 Å². The van der Waals surface area contributed by atoms with Gasteiger partial charge < -0.3 is 14.5 Å². The van der Waals surface area contributed by atoms with Crippen LogP contribution in [0.15, 0.2) is 23.1 Å². The van der Waals surface area contributed by atoms with Crippen LogP contribution in [0.5, 0.6) is 5.88 Å². The van der Waals surface area contributed by atoms with Crippen molar-refractivity contribution in [3.8, 4) is 5.88 Å². The second-order valence-corrected chi connectivity index (χ2v) is 4.63. The standard InChI is InChI=1S/C14H15N3O3/c1-19-13-3-2-9(7-15-13)6-12-16-11-4-5-20-8-10(11)14(18)17-12/h2-3,7H,4-6,8H2,1H3,(H,16,17,18). The first-order valence-corrected chi connectivity index (χ1v) is 6.44. The summed E-state index contributed by atoms with van der Waals surface area (Å²) in [6, 6.07) is 3.70. The van der Waals surface area contributed by atoms with Gasteiger partial charge in [-0.25, -0.2) is 9.97 Å². The molecule has 0 atom stereocenters. The Labute approximate surface area is 115 Å². The molecule has 0 unspecified atom stereocenters. The molecule has 0 amide bonds. The molecular weight excluding hydrogens is 258 g/mol. The molecule has 2 aromatic heterocycles. The molecule has 0 saturated heterocycles. The SMILES string of the molecule is COc1ccc(Cc2nc3c(c(=O)[nH]2)COCC3)cn1. The summed E-state index contributed by atoms with van der Waals surface area (Å²) in [5, 5.41) is 0. The third-order valence-electron chi connectivity index (χ3n) is 3.26. The number of H-pyrrole nitrogens is 1. The Hall–Kier alpha value is -2.21. The lowest BCUT2D eigenvalue weighted by atomic mass is 10.1. The quantitative estimate of drug-likeness (QED) is 0.896. The number of fused-ring (bicyclic) bond motifs is 1. The Morgan fingerprint density at radius 1 is 1.45 bits per heavy atom. The molecule has 104 valence electrons. The van der Waals surface area contributed by atoms with Crippen LogP contribution in [0.25, 0.3) is 0 Å². The average Bonchev–Trinajstić information content (AvgIpc) is 2.48. The van der Waals surface area contributed by atoms with Crippen LogP contribution in [-0.4, -0.2) is 28.7 Å². The van der Waals surface area contributed by atoms with E-state index in [1.54, 1.807) is 19.4 Å². The number of rotatable bonds is 3. The first-order valence-electron chi connectivity index (χ1n) is 6.44. The summed E-state index contributed by atoms with van der Waals surface area (Å²) >= 11 is 0. The molecule has 3 heterocycles. The van der Waals surface area contributed by atoms with Crippen molar-refractivity contribution in [2.24, 2.45) is 0 Å². The van der Waals surface area contributed by atoms with E-state index in [0.717, 1.165) is 11.3 Å². The van der Waals surface area contributed by atoms with Crippen LogP contribution < -0.4 is 10.3 Å². The molecule has 0 aliphatic carbocycles. The van der Waals surface area contributed by atoms with Crippen LogP contribution >= 0.6 is 0 Å². The zero-order valence-electron chi connectivity index (χ0n) is 11.2. The van der Waals surface area contributed by atoms with E-state index in [0.29, 0.717) is 43.3 Å². The Bertz CT molecular complexity index is 664. The Kier molecular flexibility index (Phi) is 3.47. The first-order chi connectivity index (χ1) is 9.76. The van der Waals surface area contributed by atoms with Crippen LogP contribution in [0, 0.1) is 0 Å². The minimum Gasteiger partial charge on any atom is -0.481 e. The number of nitrogens with one attached hydrogen (secondary N) is 1. The van der Waals surface area contributed by atoms with E-state index >= 15 is 0 Å². The van der Waals surface area contributed by atoms with Crippen LogP contribution in [-0.2, 0) is 24.2 Å². The molecule has 0 radical (unpaired) electrons. The lowest BCUT2D eigenvalue weighted by Gasteiger charge is -2.15. The van der Waals surface area contributed by atoms with Crippen LogP contribution in [0.1, 0.15) is 22.6 Å². The zero-order chi connectivity index (χ0) is 13.9. The van der Waals surface area contributed by atoms with E-state index in [-0.39, 0.29) is 5.56 Å². The fourth-order valence-corrected chi connectivity index (χ4v) is 2.21. The molecule has 1 N–H and O–H groups in total. The number of methoxy groups -OCH3 is 1. The predicted octanol–water partition coefficient (Wildman–Crippen LogP) is 0.837. The van der Waals surface area contributed by atoms with Gasteiger partial charge in [0.15, 0.2) is 0 Å². The van der Waals surface area contributed by atoms with Crippen molar-refractivity contribution in [3.05, 3.63) is 51.3 Å². The first kappa shape index (κ1) is 12.8. The largest absolute Gasteiger partial charge is 0.481 e. The minimum absolute atomic E-state index is 0.105. The molecule has 6 nitrogen and oxygen atoms in total. The van der Waals surface area contributed by atoms with Crippen molar-refractivity contribution in [2.45, 2.75) is 19.4 Å². The van der Waals surface area contributed by atoms with Crippen LogP contribution in [0.4, 0.5) is 0 Å². The van der Waals surface area contributed by atoms with Gasteiger partial charge in [0.1, 0.15) is 5.82 Å². The smallest absolute Gasteiger partial charge is 0.256 e.